The highest BCUT2D eigenvalue weighted by Gasteiger charge is 2.41. The number of ether oxygens (including phenoxy) is 3. The first kappa shape index (κ1) is 25.5. The molecule has 0 radical (unpaired) electrons. The number of carbonyl (C=O) groups excluding carboxylic acids is 2. The van der Waals surface area contributed by atoms with Crippen LogP contribution in [0.2, 0.25) is 0 Å². The Morgan fingerprint density at radius 2 is 1.84 bits per heavy atom. The van der Waals surface area contributed by atoms with Crippen molar-refractivity contribution in [3.8, 4) is 0 Å². The fraction of sp³-hybridized carbons (Fsp3) is 0.773. The second-order valence-corrected chi connectivity index (χ2v) is 9.57. The largest absolute Gasteiger partial charge is 0.458 e. The summed E-state index contributed by atoms with van der Waals surface area (Å²) >= 11 is 1.46. The van der Waals surface area contributed by atoms with Crippen LogP contribution in [-0.2, 0) is 25.5 Å². The molecular weight excluding hydrogens is 418 g/mol. The maximum atomic E-state index is 13.2. The highest BCUT2D eigenvalue weighted by molar-refractivity contribution is 7.09. The maximum absolute atomic E-state index is 13.2. The predicted octanol–water partition coefficient (Wildman–Crippen LogP) is 4.21. The van der Waals surface area contributed by atoms with Crippen molar-refractivity contribution in [3.05, 3.63) is 16.1 Å². The first-order valence-corrected chi connectivity index (χ1v) is 11.9. The van der Waals surface area contributed by atoms with Crippen LogP contribution in [0.3, 0.4) is 0 Å². The molecule has 9 heteroatoms. The molecular formula is C22H37N3O5S. The quantitative estimate of drug-likeness (QED) is 0.367. The fourth-order valence-electron chi connectivity index (χ4n) is 3.45. The summed E-state index contributed by atoms with van der Waals surface area (Å²) in [5, 5.41) is 2.67. The summed E-state index contributed by atoms with van der Waals surface area (Å²) in [5.41, 5.74) is 0.192. The minimum absolute atomic E-state index is 0.00256. The molecule has 1 fully saturated rings. The van der Waals surface area contributed by atoms with Crippen molar-refractivity contribution in [2.45, 2.75) is 79.4 Å². The van der Waals surface area contributed by atoms with Crippen LogP contribution in [0.15, 0.2) is 5.38 Å². The molecule has 0 saturated carbocycles. The smallest absolute Gasteiger partial charge is 0.329 e. The first-order chi connectivity index (χ1) is 14.6. The van der Waals surface area contributed by atoms with E-state index < -0.39 is 17.9 Å². The predicted molar refractivity (Wildman–Crippen MR) is 120 cm³/mol. The average Bonchev–Trinajstić information content (AvgIpc) is 3.29. The Kier molecular flexibility index (Phi) is 9.27. The van der Waals surface area contributed by atoms with Crippen LogP contribution in [0, 0.1) is 5.92 Å². The number of urea groups is 1. The zero-order valence-corrected chi connectivity index (χ0v) is 20.7. The summed E-state index contributed by atoms with van der Waals surface area (Å²) in [7, 11) is 0. The molecule has 2 rings (SSSR count). The zero-order chi connectivity index (χ0) is 23.2. The van der Waals surface area contributed by atoms with Gasteiger partial charge < -0.3 is 24.0 Å². The molecule has 176 valence electrons. The number of hydrogen-bond acceptors (Lipinski definition) is 7. The lowest BCUT2D eigenvalue weighted by molar-refractivity contribution is -0.162. The molecule has 31 heavy (non-hydrogen) atoms. The van der Waals surface area contributed by atoms with Gasteiger partial charge in [-0.25, -0.2) is 14.6 Å². The van der Waals surface area contributed by atoms with E-state index in [0.29, 0.717) is 32.8 Å². The van der Waals surface area contributed by atoms with Crippen molar-refractivity contribution in [1.82, 2.24) is 14.8 Å². The number of esters is 1. The van der Waals surface area contributed by atoms with Crippen molar-refractivity contribution in [2.75, 3.05) is 26.3 Å². The van der Waals surface area contributed by atoms with Gasteiger partial charge in [-0.3, -0.25) is 0 Å². The molecule has 2 amide bonds. The van der Waals surface area contributed by atoms with Crippen LogP contribution >= 0.6 is 11.3 Å². The highest BCUT2D eigenvalue weighted by Crippen LogP contribution is 2.27. The zero-order valence-electron chi connectivity index (χ0n) is 19.8. The lowest BCUT2D eigenvalue weighted by Crippen LogP contribution is -2.49. The molecule has 0 unspecified atom stereocenters. The van der Waals surface area contributed by atoms with Gasteiger partial charge in [0.25, 0.3) is 0 Å². The second kappa shape index (κ2) is 11.2. The Labute approximate surface area is 189 Å². The third-order valence-corrected chi connectivity index (χ3v) is 5.97. The van der Waals surface area contributed by atoms with Crippen molar-refractivity contribution in [1.29, 1.82) is 0 Å². The summed E-state index contributed by atoms with van der Waals surface area (Å²) in [5.74, 6) is -0.341. The van der Waals surface area contributed by atoms with Crippen molar-refractivity contribution in [3.63, 3.8) is 0 Å². The normalized spacial score (nSPS) is 16.8. The standard InChI is InChI=1S/C22H37N3O5S/c1-8-15(4)17(19(26)30-22(5,6)7)25-12-11-24(21(25)27)13-16-14-31-18(23-16)20(28-9-2)29-10-3/h14-15,17,20H,8-13H2,1-7H3/t15-,17-/m0/s1. The van der Waals surface area contributed by atoms with Gasteiger partial charge in [-0.05, 0) is 40.5 Å². The Morgan fingerprint density at radius 1 is 1.19 bits per heavy atom. The van der Waals surface area contributed by atoms with Crippen LogP contribution in [-0.4, -0.2) is 64.7 Å². The lowest BCUT2D eigenvalue weighted by atomic mass is 9.97. The van der Waals surface area contributed by atoms with Crippen molar-refractivity contribution in [2.24, 2.45) is 5.92 Å². The van der Waals surface area contributed by atoms with Crippen LogP contribution in [0.1, 0.15) is 71.9 Å². The van der Waals surface area contributed by atoms with E-state index in [2.05, 4.69) is 4.98 Å². The summed E-state index contributed by atoms with van der Waals surface area (Å²) < 4.78 is 16.8. The summed E-state index contributed by atoms with van der Waals surface area (Å²) in [6.45, 7) is 15.8. The summed E-state index contributed by atoms with van der Waals surface area (Å²) in [6.07, 6.45) is 0.292. The van der Waals surface area contributed by atoms with Gasteiger partial charge in [0.05, 0.1) is 12.2 Å². The van der Waals surface area contributed by atoms with Gasteiger partial charge in [0.15, 0.2) is 0 Å². The van der Waals surface area contributed by atoms with E-state index in [0.717, 1.165) is 17.1 Å². The van der Waals surface area contributed by atoms with Crippen molar-refractivity contribution < 1.29 is 23.8 Å². The topological polar surface area (TPSA) is 81.2 Å². The van der Waals surface area contributed by atoms with E-state index >= 15 is 0 Å². The van der Waals surface area contributed by atoms with Crippen molar-refractivity contribution >= 4 is 23.3 Å². The van der Waals surface area contributed by atoms with Gasteiger partial charge in [0.2, 0.25) is 6.29 Å². The molecule has 1 aromatic heterocycles. The average molecular weight is 456 g/mol. The number of rotatable bonds is 11. The monoisotopic (exact) mass is 455 g/mol. The molecule has 1 saturated heterocycles. The summed E-state index contributed by atoms with van der Waals surface area (Å²) in [4.78, 5) is 34.0. The van der Waals surface area contributed by atoms with Gasteiger partial charge in [0, 0.05) is 31.7 Å². The van der Waals surface area contributed by atoms with Gasteiger partial charge in [-0.2, -0.15) is 0 Å². The molecule has 1 aliphatic heterocycles. The van der Waals surface area contributed by atoms with Crippen LogP contribution < -0.4 is 0 Å². The molecule has 0 aromatic carbocycles. The molecule has 0 bridgehead atoms. The maximum Gasteiger partial charge on any atom is 0.329 e. The van der Waals surface area contributed by atoms with Crippen LogP contribution in [0.4, 0.5) is 4.79 Å². The molecule has 2 atom stereocenters. The third-order valence-electron chi connectivity index (χ3n) is 5.05. The van der Waals surface area contributed by atoms with Gasteiger partial charge >= 0.3 is 12.0 Å². The van der Waals surface area contributed by atoms with Crippen LogP contribution in [0.25, 0.3) is 0 Å². The number of amides is 2. The van der Waals surface area contributed by atoms with Gasteiger partial charge in [0.1, 0.15) is 16.7 Å². The molecule has 1 aromatic rings. The number of nitrogens with zero attached hydrogens (tertiary/aromatic N) is 3. The van der Waals surface area contributed by atoms with E-state index in [4.69, 9.17) is 14.2 Å². The van der Waals surface area contributed by atoms with Gasteiger partial charge in [-0.1, -0.05) is 20.3 Å². The minimum atomic E-state index is -0.597. The van der Waals surface area contributed by atoms with E-state index in [1.54, 1.807) is 9.80 Å². The molecule has 0 aliphatic carbocycles. The molecule has 2 heterocycles. The number of carbonyl (C=O) groups is 2. The van der Waals surface area contributed by atoms with E-state index in [1.165, 1.54) is 11.3 Å². The third kappa shape index (κ3) is 6.89. The number of thiazole rings is 1. The number of aromatic nitrogens is 1. The van der Waals surface area contributed by atoms with E-state index in [1.807, 2.05) is 53.8 Å². The Hall–Kier alpha value is -1.71. The SMILES string of the molecule is CCOC(OCC)c1nc(CN2CCN([C@H](C(=O)OC(C)(C)C)[C@@H](C)CC)C2=O)cs1. The molecule has 0 N–H and O–H groups in total. The first-order valence-electron chi connectivity index (χ1n) is 11.1. The highest BCUT2D eigenvalue weighted by atomic mass is 32.1. The molecule has 1 aliphatic rings. The minimum Gasteiger partial charge on any atom is -0.458 e. The van der Waals surface area contributed by atoms with Crippen LogP contribution in [0.5, 0.6) is 0 Å². The Balaban J connectivity index is 2.10. The fourth-order valence-corrected chi connectivity index (χ4v) is 4.25. The van der Waals surface area contributed by atoms with Gasteiger partial charge in [-0.15, -0.1) is 11.3 Å². The number of hydrogen-bond donors (Lipinski definition) is 0. The Morgan fingerprint density at radius 3 is 2.39 bits per heavy atom. The Bertz CT molecular complexity index is 727. The second-order valence-electron chi connectivity index (χ2n) is 8.68. The van der Waals surface area contributed by atoms with E-state index in [9.17, 15) is 9.59 Å². The molecule has 0 spiro atoms. The molecule has 8 nitrogen and oxygen atoms in total. The lowest BCUT2D eigenvalue weighted by Gasteiger charge is -2.32. The van der Waals surface area contributed by atoms with E-state index in [-0.39, 0.29) is 17.9 Å². The summed E-state index contributed by atoms with van der Waals surface area (Å²) in [6, 6.07) is -0.745.